The SMILES string of the molecule is CC(C)n1cnnc1SCC(=O)Nc1ccc2oc3ccccc3c2c1. The first-order valence-corrected chi connectivity index (χ1v) is 9.34. The number of hydrogen-bond donors (Lipinski definition) is 1. The van der Waals surface area contributed by atoms with Crippen LogP contribution in [0.5, 0.6) is 0 Å². The summed E-state index contributed by atoms with van der Waals surface area (Å²) in [6.45, 7) is 4.11. The van der Waals surface area contributed by atoms with Crippen LogP contribution in [0.2, 0.25) is 0 Å². The van der Waals surface area contributed by atoms with Crippen molar-refractivity contribution >= 4 is 45.3 Å². The molecule has 0 saturated carbocycles. The van der Waals surface area contributed by atoms with Gasteiger partial charge in [0, 0.05) is 22.5 Å². The van der Waals surface area contributed by atoms with E-state index in [4.69, 9.17) is 4.42 Å². The molecule has 2 heterocycles. The maximum Gasteiger partial charge on any atom is 0.234 e. The number of nitrogens with zero attached hydrogens (tertiary/aromatic N) is 3. The molecule has 7 heteroatoms. The van der Waals surface area contributed by atoms with Crippen molar-refractivity contribution in [3.8, 4) is 0 Å². The number of nitrogens with one attached hydrogen (secondary N) is 1. The van der Waals surface area contributed by atoms with Crippen LogP contribution in [0, 0.1) is 0 Å². The molecule has 4 rings (SSSR count). The predicted octanol–water partition coefficient (Wildman–Crippen LogP) is 4.49. The lowest BCUT2D eigenvalue weighted by molar-refractivity contribution is -0.113. The van der Waals surface area contributed by atoms with Gasteiger partial charge in [0.05, 0.1) is 5.75 Å². The molecule has 1 N–H and O–H groups in total. The Balaban J connectivity index is 1.49. The molecule has 0 radical (unpaired) electrons. The predicted molar refractivity (Wildman–Crippen MR) is 103 cm³/mol. The molecule has 0 bridgehead atoms. The van der Waals surface area contributed by atoms with Crippen LogP contribution in [0.4, 0.5) is 5.69 Å². The van der Waals surface area contributed by atoms with Gasteiger partial charge in [0.1, 0.15) is 17.5 Å². The lowest BCUT2D eigenvalue weighted by atomic mass is 10.1. The number of thioether (sulfide) groups is 1. The molecule has 2 aromatic heterocycles. The average molecular weight is 366 g/mol. The number of carbonyl (C=O) groups excluding carboxylic acids is 1. The van der Waals surface area contributed by atoms with Crippen LogP contribution >= 0.6 is 11.8 Å². The molecule has 4 aromatic rings. The van der Waals surface area contributed by atoms with Gasteiger partial charge in [-0.05, 0) is 38.1 Å². The van der Waals surface area contributed by atoms with Gasteiger partial charge >= 0.3 is 0 Å². The number of rotatable bonds is 5. The summed E-state index contributed by atoms with van der Waals surface area (Å²) in [6.07, 6.45) is 1.68. The van der Waals surface area contributed by atoms with Gasteiger partial charge in [0.2, 0.25) is 5.91 Å². The van der Waals surface area contributed by atoms with Crippen LogP contribution in [0.15, 0.2) is 58.4 Å². The van der Waals surface area contributed by atoms with Crippen LogP contribution in [-0.2, 0) is 4.79 Å². The molecule has 0 atom stereocenters. The number of furan rings is 1. The molecule has 0 saturated heterocycles. The molecule has 132 valence electrons. The maximum absolute atomic E-state index is 12.3. The average Bonchev–Trinajstić information content (AvgIpc) is 3.24. The summed E-state index contributed by atoms with van der Waals surface area (Å²) < 4.78 is 7.76. The van der Waals surface area contributed by atoms with Gasteiger partial charge in [-0.3, -0.25) is 4.79 Å². The van der Waals surface area contributed by atoms with Crippen molar-refractivity contribution in [2.24, 2.45) is 0 Å². The second kappa shape index (κ2) is 6.84. The van der Waals surface area contributed by atoms with Crippen molar-refractivity contribution < 1.29 is 9.21 Å². The zero-order chi connectivity index (χ0) is 18.1. The Kier molecular flexibility index (Phi) is 4.38. The number of amides is 1. The molecule has 0 spiro atoms. The fourth-order valence-electron chi connectivity index (χ4n) is 2.82. The second-order valence-corrected chi connectivity index (χ2v) is 7.20. The molecule has 2 aromatic carbocycles. The summed E-state index contributed by atoms with van der Waals surface area (Å²) in [5.41, 5.74) is 2.40. The molecule has 1 amide bonds. The number of carbonyl (C=O) groups is 1. The fourth-order valence-corrected chi connectivity index (χ4v) is 3.66. The van der Waals surface area contributed by atoms with Crippen LogP contribution in [0.1, 0.15) is 19.9 Å². The van der Waals surface area contributed by atoms with Gasteiger partial charge in [0.25, 0.3) is 0 Å². The van der Waals surface area contributed by atoms with Crippen molar-refractivity contribution in [2.45, 2.75) is 25.0 Å². The van der Waals surface area contributed by atoms with E-state index in [0.29, 0.717) is 0 Å². The van der Waals surface area contributed by atoms with Crippen molar-refractivity contribution in [3.05, 3.63) is 48.8 Å². The summed E-state index contributed by atoms with van der Waals surface area (Å²) in [7, 11) is 0. The quantitative estimate of drug-likeness (QED) is 0.527. The van der Waals surface area contributed by atoms with E-state index in [1.807, 2.05) is 47.0 Å². The number of aromatic nitrogens is 3. The Bertz CT molecular complexity index is 1080. The standard InChI is InChI=1S/C19H18N4O2S/c1-12(2)23-11-20-22-19(23)26-10-18(24)21-13-7-8-17-15(9-13)14-5-3-4-6-16(14)25-17/h3-9,11-12H,10H2,1-2H3,(H,21,24). The summed E-state index contributed by atoms with van der Waals surface area (Å²) in [4.78, 5) is 12.3. The van der Waals surface area contributed by atoms with Crippen molar-refractivity contribution in [2.75, 3.05) is 11.1 Å². The monoisotopic (exact) mass is 366 g/mol. The highest BCUT2D eigenvalue weighted by Crippen LogP contribution is 2.30. The van der Waals surface area contributed by atoms with Crippen LogP contribution in [0.3, 0.4) is 0 Å². The Morgan fingerprint density at radius 1 is 1.19 bits per heavy atom. The second-order valence-electron chi connectivity index (χ2n) is 6.26. The van der Waals surface area contributed by atoms with E-state index in [-0.39, 0.29) is 17.7 Å². The van der Waals surface area contributed by atoms with Gasteiger partial charge in [-0.1, -0.05) is 30.0 Å². The molecule has 0 aliphatic carbocycles. The van der Waals surface area contributed by atoms with E-state index in [0.717, 1.165) is 32.8 Å². The third kappa shape index (κ3) is 3.17. The van der Waals surface area contributed by atoms with Crippen molar-refractivity contribution in [1.29, 1.82) is 0 Å². The van der Waals surface area contributed by atoms with E-state index in [1.54, 1.807) is 6.33 Å². The number of fused-ring (bicyclic) bond motifs is 3. The summed E-state index contributed by atoms with van der Waals surface area (Å²) in [5, 5.41) is 13.7. The minimum Gasteiger partial charge on any atom is -0.456 e. The van der Waals surface area contributed by atoms with Crippen LogP contribution in [-0.4, -0.2) is 26.4 Å². The highest BCUT2D eigenvalue weighted by molar-refractivity contribution is 7.99. The Morgan fingerprint density at radius 3 is 2.85 bits per heavy atom. The third-order valence-electron chi connectivity index (χ3n) is 4.09. The zero-order valence-corrected chi connectivity index (χ0v) is 15.3. The van der Waals surface area contributed by atoms with Crippen LogP contribution < -0.4 is 5.32 Å². The maximum atomic E-state index is 12.3. The van der Waals surface area contributed by atoms with Crippen molar-refractivity contribution in [1.82, 2.24) is 14.8 Å². The first kappa shape index (κ1) is 16.7. The van der Waals surface area contributed by atoms with Crippen LogP contribution in [0.25, 0.3) is 21.9 Å². The summed E-state index contributed by atoms with van der Waals surface area (Å²) in [5.74, 6) is 0.190. The molecule has 6 nitrogen and oxygen atoms in total. The van der Waals surface area contributed by atoms with Gasteiger partial charge in [-0.25, -0.2) is 0 Å². The number of benzene rings is 2. The molecular formula is C19H18N4O2S. The van der Waals surface area contributed by atoms with Gasteiger partial charge in [-0.15, -0.1) is 10.2 Å². The minimum atomic E-state index is -0.0829. The van der Waals surface area contributed by atoms with Gasteiger partial charge in [-0.2, -0.15) is 0 Å². The Labute approximate surface area is 154 Å². The van der Waals surface area contributed by atoms with Gasteiger partial charge < -0.3 is 14.3 Å². The lowest BCUT2D eigenvalue weighted by Crippen LogP contribution is -2.14. The molecule has 0 aliphatic rings. The first-order chi connectivity index (χ1) is 12.6. The first-order valence-electron chi connectivity index (χ1n) is 8.35. The molecule has 0 aliphatic heterocycles. The van der Waals surface area contributed by atoms with E-state index >= 15 is 0 Å². The topological polar surface area (TPSA) is 73.0 Å². The van der Waals surface area contributed by atoms with Crippen molar-refractivity contribution in [3.63, 3.8) is 0 Å². The van der Waals surface area contributed by atoms with E-state index < -0.39 is 0 Å². The molecular weight excluding hydrogens is 348 g/mol. The van der Waals surface area contributed by atoms with E-state index in [9.17, 15) is 4.79 Å². The Morgan fingerprint density at radius 2 is 2.00 bits per heavy atom. The van der Waals surface area contributed by atoms with E-state index in [2.05, 4.69) is 29.4 Å². The summed E-state index contributed by atoms with van der Waals surface area (Å²) in [6, 6.07) is 13.8. The minimum absolute atomic E-state index is 0.0829. The molecule has 0 fully saturated rings. The number of para-hydroxylation sites is 1. The largest absolute Gasteiger partial charge is 0.456 e. The highest BCUT2D eigenvalue weighted by atomic mass is 32.2. The molecule has 0 unspecified atom stereocenters. The number of hydrogen-bond acceptors (Lipinski definition) is 5. The third-order valence-corrected chi connectivity index (χ3v) is 5.05. The Hall–Kier alpha value is -2.80. The highest BCUT2D eigenvalue weighted by Gasteiger charge is 2.12. The lowest BCUT2D eigenvalue weighted by Gasteiger charge is -2.09. The zero-order valence-electron chi connectivity index (χ0n) is 14.5. The smallest absolute Gasteiger partial charge is 0.234 e. The summed E-state index contributed by atoms with van der Waals surface area (Å²) >= 11 is 1.38. The number of anilines is 1. The fraction of sp³-hybridized carbons (Fsp3) is 0.211. The normalized spacial score (nSPS) is 11.5. The van der Waals surface area contributed by atoms with E-state index in [1.165, 1.54) is 11.8 Å². The molecule has 26 heavy (non-hydrogen) atoms. The van der Waals surface area contributed by atoms with Gasteiger partial charge in [0.15, 0.2) is 5.16 Å².